The topological polar surface area (TPSA) is 69.3 Å². The van der Waals surface area contributed by atoms with Gasteiger partial charge >= 0.3 is 0 Å². The summed E-state index contributed by atoms with van der Waals surface area (Å²) >= 11 is 0. The van der Waals surface area contributed by atoms with E-state index in [2.05, 4.69) is 27.9 Å². The number of aromatic amines is 1. The molecule has 0 unspecified atom stereocenters. The molecule has 3 heterocycles. The molecule has 2 aromatic heterocycles. The molecule has 1 saturated heterocycles. The molecule has 1 N–H and O–H groups in total. The zero-order chi connectivity index (χ0) is 16.2. The van der Waals surface area contributed by atoms with Crippen LogP contribution in [0.4, 0.5) is 0 Å². The Morgan fingerprint density at radius 1 is 1.22 bits per heavy atom. The average Bonchev–Trinajstić information content (AvgIpc) is 2.58. The van der Waals surface area contributed by atoms with E-state index in [1.54, 1.807) is 6.07 Å². The number of aryl methyl sites for hydroxylation is 1. The van der Waals surface area contributed by atoms with Gasteiger partial charge < -0.3 is 9.88 Å². The second kappa shape index (κ2) is 6.75. The highest BCUT2D eigenvalue weighted by molar-refractivity contribution is 5.93. The SMILES string of the molecule is Cc1cccnc1CN1CCN(C(=O)c2ccc(=O)[nH]c2)CC1. The molecular formula is C17H20N4O2. The van der Waals surface area contributed by atoms with Crippen molar-refractivity contribution in [3.8, 4) is 0 Å². The Hall–Kier alpha value is -2.47. The highest BCUT2D eigenvalue weighted by atomic mass is 16.2. The lowest BCUT2D eigenvalue weighted by Gasteiger charge is -2.34. The van der Waals surface area contributed by atoms with Crippen molar-refractivity contribution in [1.29, 1.82) is 0 Å². The van der Waals surface area contributed by atoms with E-state index in [0.717, 1.165) is 25.3 Å². The number of carbonyl (C=O) groups excluding carboxylic acids is 1. The highest BCUT2D eigenvalue weighted by Gasteiger charge is 2.22. The molecule has 1 fully saturated rings. The maximum absolute atomic E-state index is 12.4. The van der Waals surface area contributed by atoms with Crippen LogP contribution < -0.4 is 5.56 Å². The lowest BCUT2D eigenvalue weighted by molar-refractivity contribution is 0.0626. The largest absolute Gasteiger partial charge is 0.336 e. The Bertz CT molecular complexity index is 728. The Kier molecular flexibility index (Phi) is 4.52. The van der Waals surface area contributed by atoms with Crippen LogP contribution in [-0.2, 0) is 6.54 Å². The lowest BCUT2D eigenvalue weighted by atomic mass is 10.2. The number of nitrogens with zero attached hydrogens (tertiary/aromatic N) is 3. The summed E-state index contributed by atoms with van der Waals surface area (Å²) in [5.74, 6) is -0.0325. The molecular weight excluding hydrogens is 292 g/mol. The number of nitrogens with one attached hydrogen (secondary N) is 1. The molecule has 0 saturated carbocycles. The van der Waals surface area contributed by atoms with Crippen molar-refractivity contribution in [2.45, 2.75) is 13.5 Å². The van der Waals surface area contributed by atoms with Gasteiger partial charge in [-0.15, -0.1) is 0 Å². The normalized spacial score (nSPS) is 15.6. The Labute approximate surface area is 134 Å². The van der Waals surface area contributed by atoms with Crippen molar-refractivity contribution >= 4 is 5.91 Å². The second-order valence-corrected chi connectivity index (χ2v) is 5.78. The maximum Gasteiger partial charge on any atom is 0.255 e. The molecule has 0 bridgehead atoms. The van der Waals surface area contributed by atoms with Crippen molar-refractivity contribution in [2.75, 3.05) is 26.2 Å². The van der Waals surface area contributed by atoms with Crippen molar-refractivity contribution < 1.29 is 4.79 Å². The summed E-state index contributed by atoms with van der Waals surface area (Å²) in [5, 5.41) is 0. The molecule has 0 radical (unpaired) electrons. The molecule has 1 aliphatic heterocycles. The van der Waals surface area contributed by atoms with Gasteiger partial charge in [-0.05, 0) is 24.6 Å². The van der Waals surface area contributed by atoms with Gasteiger partial charge in [-0.1, -0.05) is 6.07 Å². The fraction of sp³-hybridized carbons (Fsp3) is 0.353. The van der Waals surface area contributed by atoms with Crippen molar-refractivity contribution in [3.05, 3.63) is 63.8 Å². The molecule has 1 amide bonds. The summed E-state index contributed by atoms with van der Waals surface area (Å²) < 4.78 is 0. The first kappa shape index (κ1) is 15.4. The summed E-state index contributed by atoms with van der Waals surface area (Å²) in [6.45, 7) is 5.90. The molecule has 23 heavy (non-hydrogen) atoms. The Balaban J connectivity index is 1.58. The minimum Gasteiger partial charge on any atom is -0.336 e. The first-order valence-corrected chi connectivity index (χ1v) is 7.74. The van der Waals surface area contributed by atoms with E-state index in [-0.39, 0.29) is 11.5 Å². The Morgan fingerprint density at radius 2 is 2.00 bits per heavy atom. The molecule has 0 aliphatic carbocycles. The number of rotatable bonds is 3. The third-order valence-electron chi connectivity index (χ3n) is 4.18. The zero-order valence-electron chi connectivity index (χ0n) is 13.2. The lowest BCUT2D eigenvalue weighted by Crippen LogP contribution is -2.48. The van der Waals surface area contributed by atoms with Gasteiger partial charge in [-0.2, -0.15) is 0 Å². The van der Waals surface area contributed by atoms with Gasteiger partial charge in [0, 0.05) is 51.2 Å². The predicted molar refractivity (Wildman–Crippen MR) is 87.2 cm³/mol. The molecule has 3 rings (SSSR count). The molecule has 6 nitrogen and oxygen atoms in total. The fourth-order valence-electron chi connectivity index (χ4n) is 2.73. The number of hydrogen-bond donors (Lipinski definition) is 1. The number of hydrogen-bond acceptors (Lipinski definition) is 4. The highest BCUT2D eigenvalue weighted by Crippen LogP contribution is 2.12. The van der Waals surface area contributed by atoms with Crippen molar-refractivity contribution in [3.63, 3.8) is 0 Å². The molecule has 6 heteroatoms. The molecule has 0 atom stereocenters. The third-order valence-corrected chi connectivity index (χ3v) is 4.18. The van der Waals surface area contributed by atoms with Crippen LogP contribution in [-0.4, -0.2) is 51.9 Å². The van der Waals surface area contributed by atoms with Crippen LogP contribution in [0.25, 0.3) is 0 Å². The Morgan fingerprint density at radius 3 is 2.65 bits per heavy atom. The number of H-pyrrole nitrogens is 1. The van der Waals surface area contributed by atoms with E-state index in [9.17, 15) is 9.59 Å². The summed E-state index contributed by atoms with van der Waals surface area (Å²) in [7, 11) is 0. The van der Waals surface area contributed by atoms with Crippen LogP contribution in [0.15, 0.2) is 41.5 Å². The minimum absolute atomic E-state index is 0.0325. The standard InChI is InChI=1S/C17H20N4O2/c1-13-3-2-6-18-15(13)12-20-7-9-21(10-8-20)17(23)14-4-5-16(22)19-11-14/h2-6,11H,7-10,12H2,1H3,(H,19,22). The molecule has 120 valence electrons. The van der Waals surface area contributed by atoms with E-state index in [4.69, 9.17) is 0 Å². The number of piperazine rings is 1. The van der Waals surface area contributed by atoms with Crippen LogP contribution >= 0.6 is 0 Å². The first-order chi connectivity index (χ1) is 11.1. The van der Waals surface area contributed by atoms with Crippen LogP contribution in [0, 0.1) is 6.92 Å². The van der Waals surface area contributed by atoms with Gasteiger partial charge in [0.15, 0.2) is 0 Å². The summed E-state index contributed by atoms with van der Waals surface area (Å²) in [6, 6.07) is 6.97. The first-order valence-electron chi connectivity index (χ1n) is 7.74. The van der Waals surface area contributed by atoms with E-state index in [1.807, 2.05) is 17.2 Å². The van der Waals surface area contributed by atoms with Gasteiger partial charge in [0.2, 0.25) is 5.56 Å². The molecule has 1 aliphatic rings. The van der Waals surface area contributed by atoms with Gasteiger partial charge in [-0.25, -0.2) is 0 Å². The quantitative estimate of drug-likeness (QED) is 0.919. The van der Waals surface area contributed by atoms with E-state index >= 15 is 0 Å². The van der Waals surface area contributed by atoms with Crippen LogP contribution in [0.2, 0.25) is 0 Å². The van der Waals surface area contributed by atoms with Gasteiger partial charge in [0.05, 0.1) is 11.3 Å². The summed E-state index contributed by atoms with van der Waals surface area (Å²) in [6.07, 6.45) is 3.30. The van der Waals surface area contributed by atoms with E-state index in [1.165, 1.54) is 17.8 Å². The number of aromatic nitrogens is 2. The molecule has 2 aromatic rings. The maximum atomic E-state index is 12.4. The van der Waals surface area contributed by atoms with E-state index < -0.39 is 0 Å². The smallest absolute Gasteiger partial charge is 0.255 e. The van der Waals surface area contributed by atoms with Crippen molar-refractivity contribution in [2.24, 2.45) is 0 Å². The van der Waals surface area contributed by atoms with Gasteiger partial charge in [-0.3, -0.25) is 19.5 Å². The zero-order valence-corrected chi connectivity index (χ0v) is 13.2. The molecule has 0 aromatic carbocycles. The monoisotopic (exact) mass is 312 g/mol. The van der Waals surface area contributed by atoms with Gasteiger partial charge in [0.1, 0.15) is 0 Å². The fourth-order valence-corrected chi connectivity index (χ4v) is 2.73. The van der Waals surface area contributed by atoms with E-state index in [0.29, 0.717) is 18.7 Å². The van der Waals surface area contributed by atoms with Crippen LogP contribution in [0.1, 0.15) is 21.6 Å². The summed E-state index contributed by atoms with van der Waals surface area (Å²) in [4.78, 5) is 34.6. The average molecular weight is 312 g/mol. The molecule has 0 spiro atoms. The summed E-state index contributed by atoms with van der Waals surface area (Å²) in [5.41, 5.74) is 2.61. The van der Waals surface area contributed by atoms with Crippen LogP contribution in [0.3, 0.4) is 0 Å². The van der Waals surface area contributed by atoms with Crippen LogP contribution in [0.5, 0.6) is 0 Å². The number of amides is 1. The third kappa shape index (κ3) is 3.65. The number of carbonyl (C=O) groups is 1. The van der Waals surface area contributed by atoms with Gasteiger partial charge in [0.25, 0.3) is 5.91 Å². The number of pyridine rings is 2. The van der Waals surface area contributed by atoms with Crippen molar-refractivity contribution in [1.82, 2.24) is 19.8 Å². The predicted octanol–water partition coefficient (Wildman–Crippen LogP) is 1.04. The second-order valence-electron chi connectivity index (χ2n) is 5.78. The minimum atomic E-state index is -0.197.